The van der Waals surface area contributed by atoms with Crippen LogP contribution in [0.2, 0.25) is 0 Å². The van der Waals surface area contributed by atoms with Gasteiger partial charge in [-0.25, -0.2) is 0 Å². The third-order valence-corrected chi connectivity index (χ3v) is 22.1. The van der Waals surface area contributed by atoms with Crippen molar-refractivity contribution in [2.75, 3.05) is 39.6 Å². The molecule has 0 unspecified atom stereocenters. The van der Waals surface area contributed by atoms with Crippen LogP contribution >= 0.6 is 0 Å². The van der Waals surface area contributed by atoms with Gasteiger partial charge in [0.15, 0.2) is 37.2 Å². The zero-order chi connectivity index (χ0) is 59.4. The lowest BCUT2D eigenvalue weighted by Crippen LogP contribution is -2.69. The molecule has 4 aliphatic carbocycles. The molecule has 0 bridgehead atoms. The molecule has 15 N–H and O–H groups in total. The summed E-state index contributed by atoms with van der Waals surface area (Å²) in [5.74, 6) is 2.81. The van der Waals surface area contributed by atoms with Crippen LogP contribution in [0.15, 0.2) is 0 Å². The molecule has 0 aromatic heterocycles. The largest absolute Gasteiger partial charge is 0.394 e. The fourth-order valence-electron chi connectivity index (χ4n) is 17.3. The van der Waals surface area contributed by atoms with E-state index < -0.39 is 186 Å². The zero-order valence-corrected chi connectivity index (χ0v) is 47.5. The Morgan fingerprint density at radius 3 is 1.67 bits per heavy atom. The Hall–Kier alpha value is -1.08. The molecule has 27 heteroatoms. The molecule has 36 atom stereocenters. The third kappa shape index (κ3) is 11.2. The summed E-state index contributed by atoms with van der Waals surface area (Å²) in [6.45, 7) is 6.11. The van der Waals surface area contributed by atoms with Gasteiger partial charge in [0.1, 0.15) is 116 Å². The van der Waals surface area contributed by atoms with E-state index in [1.54, 1.807) is 0 Å². The molecule has 7 aliphatic heterocycles. The maximum absolute atomic E-state index is 12.0. The second-order valence-corrected chi connectivity index (χ2v) is 26.7. The molecule has 0 amide bonds. The first-order chi connectivity index (χ1) is 39.5. The average Bonchev–Trinajstić information content (AvgIpc) is 1.63. The quantitative estimate of drug-likeness (QED) is 0.0730. The molecule has 83 heavy (non-hydrogen) atoms. The van der Waals surface area contributed by atoms with Crippen molar-refractivity contribution in [2.45, 2.75) is 257 Å². The van der Waals surface area contributed by atoms with Gasteiger partial charge in [-0.1, -0.05) is 27.7 Å². The van der Waals surface area contributed by atoms with Gasteiger partial charge in [-0.05, 0) is 104 Å². The van der Waals surface area contributed by atoms with E-state index in [1.807, 2.05) is 0 Å². The number of aliphatic hydroxyl groups is 15. The number of fused-ring (bicyclic) bond motifs is 7. The monoisotopic (exact) mass is 1200 g/mol. The molecular weight excluding hydrogens is 1100 g/mol. The van der Waals surface area contributed by atoms with Crippen LogP contribution in [0.25, 0.3) is 0 Å². The lowest BCUT2D eigenvalue weighted by Gasteiger charge is -2.61. The number of hydrogen-bond acceptors (Lipinski definition) is 27. The Bertz CT molecular complexity index is 2140. The van der Waals surface area contributed by atoms with Crippen molar-refractivity contribution in [3.8, 4) is 0 Å². The SMILES string of the molecule is C[C@@H]1CC[C@@]2(OC1)O[C@H]1C[C@H]3[C@@H]4CC[C@H]5C[C@@H](O[C@@H]6O[C@H](CO)[C@@H](O[C@@H]7O[C@H](CO)[C@@H](O)[C@H](O[C@@H]8OC[C@@H](O)[C@H](O)[C@H]8O)[C@H]7O[C@@H]7O[C@H](CO)[C@H](O)[C@H](O)[C@H]7O[C@@H]7O[C@H](CO)[C@@H](O)[C@H](O)[C@H]7O)[C@H](O)[C@H]6O)CC[C@]5(C)[C@H]4CC[C@]3(C)[C@H]1[C@@H]2C. The molecule has 7 heterocycles. The molecule has 0 aromatic rings. The van der Waals surface area contributed by atoms with Crippen LogP contribution in [-0.4, -0.2) is 282 Å². The van der Waals surface area contributed by atoms with Crippen LogP contribution < -0.4 is 0 Å². The van der Waals surface area contributed by atoms with Gasteiger partial charge in [0.2, 0.25) is 0 Å². The van der Waals surface area contributed by atoms with Crippen LogP contribution in [0.3, 0.4) is 0 Å². The molecule has 11 aliphatic rings. The van der Waals surface area contributed by atoms with Gasteiger partial charge in [0, 0.05) is 12.3 Å². The van der Waals surface area contributed by atoms with Gasteiger partial charge >= 0.3 is 0 Å². The molecule has 7 saturated heterocycles. The van der Waals surface area contributed by atoms with Crippen molar-refractivity contribution in [3.63, 3.8) is 0 Å². The van der Waals surface area contributed by atoms with Crippen molar-refractivity contribution in [3.05, 3.63) is 0 Å². The van der Waals surface area contributed by atoms with Gasteiger partial charge in [-0.15, -0.1) is 0 Å². The van der Waals surface area contributed by atoms with Crippen LogP contribution in [0.1, 0.15) is 91.9 Å². The third-order valence-electron chi connectivity index (χ3n) is 22.1. The summed E-state index contributed by atoms with van der Waals surface area (Å²) >= 11 is 0. The fraction of sp³-hybridized carbons (Fsp3) is 1.00. The van der Waals surface area contributed by atoms with Gasteiger partial charge in [0.25, 0.3) is 0 Å². The van der Waals surface area contributed by atoms with Gasteiger partial charge in [0.05, 0.1) is 51.8 Å². The highest BCUT2D eigenvalue weighted by Crippen LogP contribution is 2.71. The first-order valence-corrected chi connectivity index (χ1v) is 30.3. The first kappa shape index (κ1) is 63.5. The first-order valence-electron chi connectivity index (χ1n) is 30.3. The smallest absolute Gasteiger partial charge is 0.187 e. The molecule has 4 saturated carbocycles. The van der Waals surface area contributed by atoms with Gasteiger partial charge in [-0.2, -0.15) is 0 Å². The van der Waals surface area contributed by atoms with E-state index in [0.29, 0.717) is 54.3 Å². The minimum Gasteiger partial charge on any atom is -0.394 e. The Balaban J connectivity index is 0.796. The van der Waals surface area contributed by atoms with Crippen LogP contribution in [0.4, 0.5) is 0 Å². The standard InChI is InChI=1S/C56H92O27/c1-21-7-12-56(73-19-21)22(2)34-29(83-56)14-27-25-6-5-23-13-24(8-10-54(23,3)26(25)9-11-55(27,34)4)74-50-44(71)41(68)45(33(18-60)78-50)79-53-48(46(38(65)32(17-59)77-53)80-49-42(69)35(62)28(61)20-72-49)82-52-47(40(67)37(64)31(16-58)76-52)81-51-43(70)39(66)36(63)30(15-57)75-51/h21-53,57-71H,5-20H2,1-4H3/t21-,22+,23+,24+,25-,26+,27+,28-,29+,30-,31-,32-,33-,34+,35+,36-,37+,38-,39+,40+,41-,42-,43-,44-,45-,46+,47-,48-,49+,50-,51+,52+,53+,54+,55+,56-/m1/s1. The highest BCUT2D eigenvalue weighted by molar-refractivity contribution is 5.16. The predicted octanol–water partition coefficient (Wildman–Crippen LogP) is -4.45. The molecule has 11 rings (SSSR count). The molecule has 0 radical (unpaired) electrons. The normalized spacial score (nSPS) is 57.4. The summed E-state index contributed by atoms with van der Waals surface area (Å²) in [5.41, 5.74) is 0.215. The van der Waals surface area contributed by atoms with Crippen molar-refractivity contribution in [2.24, 2.45) is 52.3 Å². The highest BCUT2D eigenvalue weighted by atomic mass is 16.8. The molecular formula is C56H92O27. The molecule has 11 fully saturated rings. The maximum atomic E-state index is 12.0. The summed E-state index contributed by atoms with van der Waals surface area (Å²) in [4.78, 5) is 0. The second-order valence-electron chi connectivity index (χ2n) is 26.7. The minimum atomic E-state index is -2.10. The summed E-state index contributed by atoms with van der Waals surface area (Å²) in [6.07, 6.45) is -34.9. The summed E-state index contributed by atoms with van der Waals surface area (Å²) in [5, 5.41) is 164. The van der Waals surface area contributed by atoms with E-state index in [1.165, 1.54) is 0 Å². The van der Waals surface area contributed by atoms with Crippen molar-refractivity contribution >= 4 is 0 Å². The number of hydrogen-bond donors (Lipinski definition) is 15. The Morgan fingerprint density at radius 1 is 0.446 bits per heavy atom. The van der Waals surface area contributed by atoms with Crippen LogP contribution in [0, 0.1) is 52.3 Å². The number of ether oxygens (including phenoxy) is 12. The van der Waals surface area contributed by atoms with Gasteiger partial charge in [-0.3, -0.25) is 0 Å². The lowest BCUT2D eigenvalue weighted by molar-refractivity contribution is -0.414. The fourth-order valence-corrected chi connectivity index (χ4v) is 17.3. The Kier molecular flexibility index (Phi) is 19.1. The predicted molar refractivity (Wildman–Crippen MR) is 275 cm³/mol. The van der Waals surface area contributed by atoms with E-state index >= 15 is 0 Å². The second kappa shape index (κ2) is 25.0. The van der Waals surface area contributed by atoms with Crippen molar-refractivity contribution in [1.82, 2.24) is 0 Å². The number of aliphatic hydroxyl groups excluding tert-OH is 15. The highest BCUT2D eigenvalue weighted by Gasteiger charge is 2.70. The molecule has 1 spiro atoms. The average molecular weight is 1200 g/mol. The van der Waals surface area contributed by atoms with E-state index in [0.717, 1.165) is 58.0 Å². The lowest BCUT2D eigenvalue weighted by atomic mass is 9.44. The van der Waals surface area contributed by atoms with Crippen LogP contribution in [-0.2, 0) is 56.8 Å². The maximum Gasteiger partial charge on any atom is 0.187 e. The van der Waals surface area contributed by atoms with Crippen molar-refractivity contribution < 1.29 is 133 Å². The van der Waals surface area contributed by atoms with Crippen molar-refractivity contribution in [1.29, 1.82) is 0 Å². The zero-order valence-electron chi connectivity index (χ0n) is 47.5. The topological polar surface area (TPSA) is 414 Å². The van der Waals surface area contributed by atoms with Gasteiger partial charge < -0.3 is 133 Å². The summed E-state index contributed by atoms with van der Waals surface area (Å²) < 4.78 is 73.9. The van der Waals surface area contributed by atoms with E-state index in [-0.39, 0.29) is 23.0 Å². The van der Waals surface area contributed by atoms with E-state index in [9.17, 15) is 76.6 Å². The molecule has 0 aromatic carbocycles. The van der Waals surface area contributed by atoms with E-state index in [4.69, 9.17) is 56.8 Å². The molecule has 478 valence electrons. The van der Waals surface area contributed by atoms with E-state index in [2.05, 4.69) is 27.7 Å². The van der Waals surface area contributed by atoms with Crippen LogP contribution in [0.5, 0.6) is 0 Å². The Morgan fingerprint density at radius 2 is 1.00 bits per heavy atom. The summed E-state index contributed by atoms with van der Waals surface area (Å²) in [6, 6.07) is 0. The minimum absolute atomic E-state index is 0.0460. The molecule has 27 nitrogen and oxygen atoms in total. The number of rotatable bonds is 14. The Labute approximate surface area is 481 Å². The summed E-state index contributed by atoms with van der Waals surface area (Å²) in [7, 11) is 0.